The minimum atomic E-state index is -0.220. The Kier molecular flexibility index (Phi) is 4.29. The number of hydrogen-bond acceptors (Lipinski definition) is 3. The maximum absolute atomic E-state index is 13.8. The highest BCUT2D eigenvalue weighted by molar-refractivity contribution is 5.81. The van der Waals surface area contributed by atoms with E-state index >= 15 is 0 Å². The molecule has 0 atom stereocenters. The van der Waals surface area contributed by atoms with Crippen LogP contribution in [0.15, 0.2) is 85.3 Å². The Labute approximate surface area is 173 Å². The standard InChI is InChI=1S/C25H19FN4/c1-16-12-17(8-10-23(16)26)24-22(6-3-11-28-24)19-7-9-21-14-29-25(30(21)15-19)18-4-2-5-20(27)13-18/h2-15H,27H2,1H3. The lowest BCUT2D eigenvalue weighted by Crippen LogP contribution is -1.94. The first-order valence-corrected chi connectivity index (χ1v) is 9.65. The van der Waals surface area contributed by atoms with Crippen LogP contribution in [0.5, 0.6) is 0 Å². The fourth-order valence-corrected chi connectivity index (χ4v) is 3.70. The molecular weight excluding hydrogens is 375 g/mol. The monoisotopic (exact) mass is 394 g/mol. The van der Waals surface area contributed by atoms with E-state index in [9.17, 15) is 4.39 Å². The molecule has 0 saturated heterocycles. The number of nitrogens with zero attached hydrogens (tertiary/aromatic N) is 3. The molecule has 0 fully saturated rings. The molecule has 5 heteroatoms. The topological polar surface area (TPSA) is 56.2 Å². The molecule has 0 bridgehead atoms. The number of halogens is 1. The summed E-state index contributed by atoms with van der Waals surface area (Å²) in [5.41, 5.74) is 12.9. The summed E-state index contributed by atoms with van der Waals surface area (Å²) >= 11 is 0. The van der Waals surface area contributed by atoms with Crippen molar-refractivity contribution in [1.82, 2.24) is 14.4 Å². The van der Waals surface area contributed by atoms with Gasteiger partial charge in [0.05, 0.1) is 17.4 Å². The number of hydrogen-bond donors (Lipinski definition) is 1. The van der Waals surface area contributed by atoms with E-state index in [-0.39, 0.29) is 5.82 Å². The van der Waals surface area contributed by atoms with E-state index in [0.29, 0.717) is 11.3 Å². The summed E-state index contributed by atoms with van der Waals surface area (Å²) in [7, 11) is 0. The van der Waals surface area contributed by atoms with Crippen molar-refractivity contribution in [3.63, 3.8) is 0 Å². The molecule has 5 rings (SSSR count). The number of aromatic nitrogens is 3. The van der Waals surface area contributed by atoms with Crippen molar-refractivity contribution < 1.29 is 4.39 Å². The summed E-state index contributed by atoms with van der Waals surface area (Å²) in [6, 6.07) is 20.8. The van der Waals surface area contributed by atoms with Gasteiger partial charge in [0.1, 0.15) is 11.6 Å². The Morgan fingerprint density at radius 2 is 1.73 bits per heavy atom. The Morgan fingerprint density at radius 1 is 0.867 bits per heavy atom. The van der Waals surface area contributed by atoms with Crippen LogP contribution in [-0.4, -0.2) is 14.4 Å². The zero-order valence-corrected chi connectivity index (χ0v) is 16.4. The number of fused-ring (bicyclic) bond motifs is 1. The first-order chi connectivity index (χ1) is 14.6. The molecule has 0 saturated carbocycles. The lowest BCUT2D eigenvalue weighted by Gasteiger charge is -2.11. The summed E-state index contributed by atoms with van der Waals surface area (Å²) in [4.78, 5) is 9.19. The smallest absolute Gasteiger partial charge is 0.144 e. The summed E-state index contributed by atoms with van der Waals surface area (Å²) in [6.45, 7) is 1.76. The van der Waals surface area contributed by atoms with E-state index in [2.05, 4.69) is 26.6 Å². The largest absolute Gasteiger partial charge is 0.399 e. The highest BCUT2D eigenvalue weighted by atomic mass is 19.1. The van der Waals surface area contributed by atoms with Gasteiger partial charge in [0.15, 0.2) is 0 Å². The third-order valence-electron chi connectivity index (χ3n) is 5.22. The van der Waals surface area contributed by atoms with Crippen LogP contribution in [0.2, 0.25) is 0 Å². The highest BCUT2D eigenvalue weighted by Crippen LogP contribution is 2.32. The van der Waals surface area contributed by atoms with Gasteiger partial charge in [-0.05, 0) is 55.0 Å². The van der Waals surface area contributed by atoms with Crippen LogP contribution in [0.25, 0.3) is 39.3 Å². The van der Waals surface area contributed by atoms with Gasteiger partial charge in [-0.25, -0.2) is 9.37 Å². The molecule has 0 aliphatic heterocycles. The number of benzene rings is 2. The van der Waals surface area contributed by atoms with Gasteiger partial charge in [-0.1, -0.05) is 24.3 Å². The van der Waals surface area contributed by atoms with Crippen molar-refractivity contribution >= 4 is 11.2 Å². The van der Waals surface area contributed by atoms with Gasteiger partial charge in [0.2, 0.25) is 0 Å². The molecule has 2 aromatic carbocycles. The van der Waals surface area contributed by atoms with Gasteiger partial charge in [-0.15, -0.1) is 0 Å². The molecular formula is C25H19FN4. The van der Waals surface area contributed by atoms with Crippen LogP contribution in [0.4, 0.5) is 10.1 Å². The lowest BCUT2D eigenvalue weighted by atomic mass is 9.99. The molecule has 0 spiro atoms. The number of aryl methyl sites for hydroxylation is 1. The molecule has 3 heterocycles. The van der Waals surface area contributed by atoms with Gasteiger partial charge < -0.3 is 5.73 Å². The molecule has 3 aromatic heterocycles. The Balaban J connectivity index is 1.68. The Bertz CT molecular complexity index is 1390. The van der Waals surface area contributed by atoms with E-state index in [1.165, 1.54) is 6.07 Å². The molecule has 0 unspecified atom stereocenters. The third-order valence-corrected chi connectivity index (χ3v) is 5.22. The summed E-state index contributed by atoms with van der Waals surface area (Å²) in [6.07, 6.45) is 5.65. The quantitative estimate of drug-likeness (QED) is 0.396. The predicted molar refractivity (Wildman–Crippen MR) is 118 cm³/mol. The molecule has 30 heavy (non-hydrogen) atoms. The van der Waals surface area contributed by atoms with Crippen molar-refractivity contribution in [2.75, 3.05) is 5.73 Å². The van der Waals surface area contributed by atoms with Gasteiger partial charge >= 0.3 is 0 Å². The summed E-state index contributed by atoms with van der Waals surface area (Å²) in [5, 5.41) is 0. The molecule has 2 N–H and O–H groups in total. The van der Waals surface area contributed by atoms with Crippen molar-refractivity contribution in [2.45, 2.75) is 6.92 Å². The highest BCUT2D eigenvalue weighted by Gasteiger charge is 2.13. The van der Waals surface area contributed by atoms with Gasteiger partial charge in [0.25, 0.3) is 0 Å². The molecule has 146 valence electrons. The number of rotatable bonds is 3. The molecule has 0 aliphatic rings. The Morgan fingerprint density at radius 3 is 2.57 bits per heavy atom. The van der Waals surface area contributed by atoms with Crippen molar-refractivity contribution in [1.29, 1.82) is 0 Å². The van der Waals surface area contributed by atoms with E-state index < -0.39 is 0 Å². The van der Waals surface area contributed by atoms with Crippen LogP contribution in [0, 0.1) is 12.7 Å². The molecule has 0 aliphatic carbocycles. The van der Waals surface area contributed by atoms with Crippen LogP contribution < -0.4 is 5.73 Å². The van der Waals surface area contributed by atoms with Gasteiger partial charge in [0, 0.05) is 40.3 Å². The van der Waals surface area contributed by atoms with Crippen LogP contribution in [0.3, 0.4) is 0 Å². The van der Waals surface area contributed by atoms with E-state index in [1.807, 2.05) is 54.7 Å². The number of anilines is 1. The van der Waals surface area contributed by atoms with E-state index in [4.69, 9.17) is 5.73 Å². The van der Waals surface area contributed by atoms with Crippen molar-refractivity contribution in [3.05, 3.63) is 96.7 Å². The number of imidazole rings is 1. The van der Waals surface area contributed by atoms with Crippen LogP contribution in [0.1, 0.15) is 5.56 Å². The first kappa shape index (κ1) is 18.1. The third kappa shape index (κ3) is 3.10. The van der Waals surface area contributed by atoms with Crippen molar-refractivity contribution in [3.8, 4) is 33.8 Å². The van der Waals surface area contributed by atoms with E-state index in [0.717, 1.165) is 39.3 Å². The second-order valence-corrected chi connectivity index (χ2v) is 7.28. The van der Waals surface area contributed by atoms with Crippen LogP contribution >= 0.6 is 0 Å². The first-order valence-electron chi connectivity index (χ1n) is 9.65. The van der Waals surface area contributed by atoms with Crippen molar-refractivity contribution in [2.24, 2.45) is 0 Å². The normalized spacial score (nSPS) is 11.1. The maximum atomic E-state index is 13.8. The predicted octanol–water partition coefficient (Wildman–Crippen LogP) is 5.76. The summed E-state index contributed by atoms with van der Waals surface area (Å²) in [5.74, 6) is 0.602. The SMILES string of the molecule is Cc1cc(-c2ncccc2-c2ccc3cnc(-c4cccc(N)c4)n3c2)ccc1F. The molecule has 0 radical (unpaired) electrons. The summed E-state index contributed by atoms with van der Waals surface area (Å²) < 4.78 is 15.8. The average Bonchev–Trinajstić information content (AvgIpc) is 3.19. The molecule has 4 nitrogen and oxygen atoms in total. The molecule has 0 amide bonds. The van der Waals surface area contributed by atoms with Gasteiger partial charge in [-0.3, -0.25) is 9.38 Å². The maximum Gasteiger partial charge on any atom is 0.144 e. The minimum Gasteiger partial charge on any atom is -0.399 e. The molecule has 5 aromatic rings. The average molecular weight is 394 g/mol. The minimum absolute atomic E-state index is 0.220. The fraction of sp³-hybridized carbons (Fsp3) is 0.0400. The lowest BCUT2D eigenvalue weighted by molar-refractivity contribution is 0.619. The number of pyridine rings is 2. The number of nitrogens with two attached hydrogens (primary N) is 1. The zero-order chi connectivity index (χ0) is 20.7. The second-order valence-electron chi connectivity index (χ2n) is 7.28. The Hall–Kier alpha value is -3.99. The second kappa shape index (κ2) is 7.12. The zero-order valence-electron chi connectivity index (χ0n) is 16.4. The van der Waals surface area contributed by atoms with Crippen LogP contribution in [-0.2, 0) is 0 Å². The number of nitrogen functional groups attached to an aromatic ring is 1. The van der Waals surface area contributed by atoms with E-state index in [1.54, 1.807) is 19.2 Å². The fourth-order valence-electron chi connectivity index (χ4n) is 3.70. The van der Waals surface area contributed by atoms with Gasteiger partial charge in [-0.2, -0.15) is 0 Å².